The van der Waals surface area contributed by atoms with Crippen LogP contribution in [0.5, 0.6) is 0 Å². The van der Waals surface area contributed by atoms with Gasteiger partial charge in [0.2, 0.25) is 10.0 Å². The third kappa shape index (κ3) is 4.35. The number of aryl methyl sites for hydroxylation is 1. The molecule has 0 spiro atoms. The van der Waals surface area contributed by atoms with Gasteiger partial charge in [0, 0.05) is 5.02 Å². The number of sulfonamides is 1. The van der Waals surface area contributed by atoms with Crippen molar-refractivity contribution in [1.29, 1.82) is 0 Å². The standard InChI is InChI=1S/C25H22ClNO4S/c1-17-8-14-21(15-9-17)32(29,30)27-23(19-10-12-20(26)13-11-19)24(27)22(25(28)31-2)16-18-6-4-3-5-7-18/h3-16,23-24H,1-2H3/b22-16+/t23-,24-,27?/m0/s1. The number of hydrogen-bond donors (Lipinski definition) is 0. The van der Waals surface area contributed by atoms with E-state index in [1.807, 2.05) is 37.3 Å². The van der Waals surface area contributed by atoms with Gasteiger partial charge >= 0.3 is 5.97 Å². The zero-order valence-electron chi connectivity index (χ0n) is 17.6. The van der Waals surface area contributed by atoms with Crippen molar-refractivity contribution in [3.05, 3.63) is 106 Å². The molecule has 3 aromatic carbocycles. The fourth-order valence-electron chi connectivity index (χ4n) is 3.75. The van der Waals surface area contributed by atoms with E-state index in [0.29, 0.717) is 5.02 Å². The Labute approximate surface area is 193 Å². The minimum absolute atomic E-state index is 0.175. The van der Waals surface area contributed by atoms with E-state index in [9.17, 15) is 13.2 Å². The number of halogens is 1. The van der Waals surface area contributed by atoms with Gasteiger partial charge in [-0.3, -0.25) is 0 Å². The monoisotopic (exact) mass is 467 g/mol. The fourth-order valence-corrected chi connectivity index (χ4v) is 5.61. The van der Waals surface area contributed by atoms with E-state index in [1.54, 1.807) is 54.6 Å². The Morgan fingerprint density at radius 2 is 1.59 bits per heavy atom. The summed E-state index contributed by atoms with van der Waals surface area (Å²) in [5.74, 6) is -0.570. The van der Waals surface area contributed by atoms with Crippen LogP contribution in [0.3, 0.4) is 0 Å². The predicted octanol–water partition coefficient (Wildman–Crippen LogP) is 5.02. The smallest absolute Gasteiger partial charge is 0.335 e. The molecule has 0 bridgehead atoms. The van der Waals surface area contributed by atoms with Crippen LogP contribution in [-0.4, -0.2) is 31.8 Å². The van der Waals surface area contributed by atoms with Crippen LogP contribution in [0.15, 0.2) is 89.3 Å². The first kappa shape index (κ1) is 22.3. The normalized spacial score (nSPS) is 20.6. The Morgan fingerprint density at radius 3 is 2.19 bits per heavy atom. The molecule has 0 radical (unpaired) electrons. The Balaban J connectivity index is 1.82. The van der Waals surface area contributed by atoms with Crippen molar-refractivity contribution in [2.75, 3.05) is 7.11 Å². The SMILES string of the molecule is COC(=O)/C(=C/c1ccccc1)[C@H]1[C@H](c2ccc(Cl)cc2)N1S(=O)(=O)c1ccc(C)cc1. The van der Waals surface area contributed by atoms with Gasteiger partial charge in [-0.15, -0.1) is 0 Å². The van der Waals surface area contributed by atoms with Crippen molar-refractivity contribution in [2.45, 2.75) is 23.9 Å². The van der Waals surface area contributed by atoms with Crippen LogP contribution >= 0.6 is 11.6 Å². The molecule has 0 N–H and O–H groups in total. The van der Waals surface area contributed by atoms with Crippen LogP contribution in [-0.2, 0) is 19.6 Å². The van der Waals surface area contributed by atoms with E-state index in [0.717, 1.165) is 16.7 Å². The van der Waals surface area contributed by atoms with E-state index >= 15 is 0 Å². The van der Waals surface area contributed by atoms with Crippen molar-refractivity contribution < 1.29 is 17.9 Å². The molecule has 1 aliphatic heterocycles. The van der Waals surface area contributed by atoms with Gasteiger partial charge in [-0.2, -0.15) is 4.31 Å². The number of methoxy groups -OCH3 is 1. The van der Waals surface area contributed by atoms with Crippen molar-refractivity contribution in [3.8, 4) is 0 Å². The summed E-state index contributed by atoms with van der Waals surface area (Å²) in [4.78, 5) is 12.9. The molecule has 164 valence electrons. The van der Waals surface area contributed by atoms with Crippen molar-refractivity contribution in [1.82, 2.24) is 4.31 Å². The van der Waals surface area contributed by atoms with Gasteiger partial charge in [0.25, 0.3) is 0 Å². The maximum absolute atomic E-state index is 13.6. The highest BCUT2D eigenvalue weighted by molar-refractivity contribution is 7.89. The summed E-state index contributed by atoms with van der Waals surface area (Å²) < 4.78 is 33.5. The van der Waals surface area contributed by atoms with E-state index in [4.69, 9.17) is 16.3 Å². The minimum Gasteiger partial charge on any atom is -0.466 e. The average molecular weight is 468 g/mol. The Bertz CT molecular complexity index is 1250. The molecule has 0 aliphatic carbocycles. The largest absolute Gasteiger partial charge is 0.466 e. The number of rotatable bonds is 6. The number of esters is 1. The first-order valence-corrected chi connectivity index (χ1v) is 11.9. The molecule has 7 heteroatoms. The highest BCUT2D eigenvalue weighted by Gasteiger charge is 2.59. The third-order valence-corrected chi connectivity index (χ3v) is 7.56. The number of ether oxygens (including phenoxy) is 1. The van der Waals surface area contributed by atoms with Crippen LogP contribution < -0.4 is 0 Å². The van der Waals surface area contributed by atoms with Crippen LogP contribution in [0, 0.1) is 6.92 Å². The second kappa shape index (κ2) is 8.90. The number of hydrogen-bond acceptors (Lipinski definition) is 4. The van der Waals surface area contributed by atoms with Gasteiger partial charge in [-0.25, -0.2) is 13.2 Å². The fraction of sp³-hybridized carbons (Fsp3) is 0.160. The van der Waals surface area contributed by atoms with E-state index in [-0.39, 0.29) is 10.5 Å². The maximum atomic E-state index is 13.6. The van der Waals surface area contributed by atoms with E-state index < -0.39 is 28.1 Å². The lowest BCUT2D eigenvalue weighted by atomic mass is 10.0. The zero-order valence-corrected chi connectivity index (χ0v) is 19.2. The lowest BCUT2D eigenvalue weighted by Gasteiger charge is -2.09. The van der Waals surface area contributed by atoms with Crippen molar-refractivity contribution in [3.63, 3.8) is 0 Å². The summed E-state index contributed by atoms with van der Waals surface area (Å²) >= 11 is 6.04. The number of carbonyl (C=O) groups excluding carboxylic acids is 1. The molecular weight excluding hydrogens is 446 g/mol. The number of carbonyl (C=O) groups is 1. The average Bonchev–Trinajstić information content (AvgIpc) is 3.55. The summed E-state index contributed by atoms with van der Waals surface area (Å²) in [6, 6.07) is 21.7. The lowest BCUT2D eigenvalue weighted by Crippen LogP contribution is -2.19. The highest BCUT2D eigenvalue weighted by atomic mass is 35.5. The molecule has 0 saturated carbocycles. The van der Waals surface area contributed by atoms with Crippen molar-refractivity contribution in [2.24, 2.45) is 0 Å². The summed E-state index contributed by atoms with van der Waals surface area (Å²) in [5, 5.41) is 0.548. The summed E-state index contributed by atoms with van der Waals surface area (Å²) in [6.45, 7) is 1.89. The van der Waals surface area contributed by atoms with Crippen LogP contribution in [0.4, 0.5) is 0 Å². The Morgan fingerprint density at radius 1 is 0.969 bits per heavy atom. The maximum Gasteiger partial charge on any atom is 0.335 e. The van der Waals surface area contributed by atoms with E-state index in [1.165, 1.54) is 11.4 Å². The molecule has 0 aromatic heterocycles. The summed E-state index contributed by atoms with van der Waals surface area (Å²) in [5.41, 5.74) is 2.76. The molecule has 32 heavy (non-hydrogen) atoms. The Kier molecular flexibility index (Phi) is 6.20. The minimum atomic E-state index is -3.87. The molecule has 4 rings (SSSR count). The number of benzene rings is 3. The second-order valence-electron chi connectivity index (χ2n) is 7.59. The zero-order chi connectivity index (χ0) is 22.9. The molecule has 3 aromatic rings. The molecule has 1 saturated heterocycles. The molecule has 1 heterocycles. The Hall–Kier alpha value is -2.93. The van der Waals surface area contributed by atoms with Gasteiger partial charge in [0.1, 0.15) is 0 Å². The van der Waals surface area contributed by atoms with E-state index in [2.05, 4.69) is 0 Å². The summed E-state index contributed by atoms with van der Waals surface area (Å²) in [7, 11) is -2.58. The molecule has 0 amide bonds. The molecule has 3 atom stereocenters. The van der Waals surface area contributed by atoms with Crippen LogP contribution in [0.2, 0.25) is 5.02 Å². The van der Waals surface area contributed by atoms with Gasteiger partial charge in [0.05, 0.1) is 29.7 Å². The molecule has 1 fully saturated rings. The molecule has 1 aliphatic rings. The highest BCUT2D eigenvalue weighted by Crippen LogP contribution is 2.51. The lowest BCUT2D eigenvalue weighted by molar-refractivity contribution is -0.136. The van der Waals surface area contributed by atoms with Crippen LogP contribution in [0.1, 0.15) is 22.7 Å². The first-order valence-electron chi connectivity index (χ1n) is 10.0. The van der Waals surface area contributed by atoms with Crippen LogP contribution in [0.25, 0.3) is 6.08 Å². The predicted molar refractivity (Wildman–Crippen MR) is 125 cm³/mol. The molecule has 1 unspecified atom stereocenters. The van der Waals surface area contributed by atoms with Gasteiger partial charge in [0.15, 0.2) is 0 Å². The van der Waals surface area contributed by atoms with Gasteiger partial charge in [-0.05, 0) is 48.4 Å². The number of nitrogens with zero attached hydrogens (tertiary/aromatic N) is 1. The third-order valence-electron chi connectivity index (χ3n) is 5.43. The quantitative estimate of drug-likeness (QED) is 0.290. The molecular formula is C25H22ClNO4S. The summed E-state index contributed by atoms with van der Waals surface area (Å²) in [6.07, 6.45) is 1.68. The first-order chi connectivity index (χ1) is 15.3. The second-order valence-corrected chi connectivity index (χ2v) is 9.87. The topological polar surface area (TPSA) is 63.5 Å². The van der Waals surface area contributed by atoms with Crippen molar-refractivity contribution >= 4 is 33.7 Å². The van der Waals surface area contributed by atoms with Gasteiger partial charge in [-0.1, -0.05) is 71.8 Å². The molecule has 5 nitrogen and oxygen atoms in total. The van der Waals surface area contributed by atoms with Gasteiger partial charge < -0.3 is 4.74 Å².